The maximum Gasteiger partial charge on any atom is 0.338 e. The molecule has 0 bridgehead atoms. The second kappa shape index (κ2) is 10.4. The highest BCUT2D eigenvalue weighted by Gasteiger charge is 2.38. The summed E-state index contributed by atoms with van der Waals surface area (Å²) in [6.07, 6.45) is 0. The van der Waals surface area contributed by atoms with E-state index >= 15 is 0 Å². The first-order valence-corrected chi connectivity index (χ1v) is 13.1. The normalized spacial score (nSPS) is 17.5. The lowest BCUT2D eigenvalue weighted by Gasteiger charge is -2.24. The molecule has 0 unspecified atom stereocenters. The van der Waals surface area contributed by atoms with Crippen molar-refractivity contribution < 1.29 is 28.2 Å². The Kier molecular flexibility index (Phi) is 7.00. The van der Waals surface area contributed by atoms with Crippen LogP contribution < -0.4 is 19.8 Å². The van der Waals surface area contributed by atoms with Gasteiger partial charge in [0.25, 0.3) is 11.5 Å². The lowest BCUT2D eigenvalue weighted by atomic mass is 9.96. The topological polar surface area (TPSA) is 107 Å². The van der Waals surface area contributed by atoms with Crippen LogP contribution in [0.25, 0.3) is 5.57 Å². The SMILES string of the molecule is CCOC(=O)CN1C(=O)/C(=c2/sc3n(c2=O)[C@H](c2ccc(F)cc2)C(C(=O)OCC)=C(C)N=3)c2ccccc21. The van der Waals surface area contributed by atoms with Crippen LogP contribution in [0.15, 0.2) is 69.6 Å². The summed E-state index contributed by atoms with van der Waals surface area (Å²) in [6, 6.07) is 11.4. The number of carbonyl (C=O) groups is 3. The van der Waals surface area contributed by atoms with Gasteiger partial charge in [-0.05, 0) is 44.5 Å². The molecule has 0 spiro atoms. The number of ether oxygens (including phenoxy) is 2. The number of para-hydroxylation sites is 1. The Bertz CT molecular complexity index is 1720. The fourth-order valence-electron chi connectivity index (χ4n) is 4.79. The van der Waals surface area contributed by atoms with Crippen molar-refractivity contribution in [2.45, 2.75) is 26.8 Å². The molecule has 0 aliphatic carbocycles. The average molecular weight is 550 g/mol. The number of hydrogen-bond acceptors (Lipinski definition) is 8. The molecule has 5 rings (SSSR count). The Labute approximate surface area is 226 Å². The molecule has 1 atom stereocenters. The van der Waals surface area contributed by atoms with Crippen molar-refractivity contribution in [1.82, 2.24) is 4.57 Å². The van der Waals surface area contributed by atoms with Gasteiger partial charge in [0.1, 0.15) is 16.9 Å². The Hall–Kier alpha value is -4.38. The first-order chi connectivity index (χ1) is 18.8. The molecule has 9 nitrogen and oxygen atoms in total. The second-order valence-electron chi connectivity index (χ2n) is 8.76. The van der Waals surface area contributed by atoms with E-state index in [1.54, 1.807) is 45.0 Å². The largest absolute Gasteiger partial charge is 0.465 e. The standard InChI is InChI=1S/C28H24FN3O6S/c1-4-37-20(33)14-31-19-9-7-6-8-18(19)22(25(31)34)24-26(35)32-23(16-10-12-17(29)13-11-16)21(27(36)38-5-2)15(3)30-28(32)39-24/h6-13,23H,4-5,14H2,1-3H3/b24-22+/t23-/m1/s1. The molecule has 2 aromatic carbocycles. The maximum absolute atomic E-state index is 14.1. The van der Waals surface area contributed by atoms with Crippen LogP contribution in [0.5, 0.6) is 0 Å². The molecule has 2 aliphatic heterocycles. The summed E-state index contributed by atoms with van der Waals surface area (Å²) in [5.74, 6) is -2.21. The zero-order chi connectivity index (χ0) is 27.8. The molecule has 39 heavy (non-hydrogen) atoms. The Balaban J connectivity index is 1.75. The fourth-order valence-corrected chi connectivity index (χ4v) is 5.93. The number of halogens is 1. The van der Waals surface area contributed by atoms with Gasteiger partial charge < -0.3 is 9.47 Å². The van der Waals surface area contributed by atoms with E-state index in [1.165, 1.54) is 33.7 Å². The van der Waals surface area contributed by atoms with Gasteiger partial charge in [-0.1, -0.05) is 41.7 Å². The Morgan fingerprint density at radius 1 is 1.03 bits per heavy atom. The van der Waals surface area contributed by atoms with Gasteiger partial charge >= 0.3 is 11.9 Å². The molecule has 0 fully saturated rings. The monoisotopic (exact) mass is 549 g/mol. The van der Waals surface area contributed by atoms with Crippen molar-refractivity contribution in [3.63, 3.8) is 0 Å². The van der Waals surface area contributed by atoms with Gasteiger partial charge in [-0.2, -0.15) is 0 Å². The molecule has 0 radical (unpaired) electrons. The van der Waals surface area contributed by atoms with E-state index < -0.39 is 35.3 Å². The van der Waals surface area contributed by atoms with Crippen LogP contribution in [0.2, 0.25) is 0 Å². The van der Waals surface area contributed by atoms with E-state index in [1.807, 2.05) is 0 Å². The van der Waals surface area contributed by atoms with E-state index in [4.69, 9.17) is 9.47 Å². The summed E-state index contributed by atoms with van der Waals surface area (Å²) in [6.45, 7) is 4.95. The second-order valence-corrected chi connectivity index (χ2v) is 9.74. The lowest BCUT2D eigenvalue weighted by Crippen LogP contribution is -2.41. The summed E-state index contributed by atoms with van der Waals surface area (Å²) in [4.78, 5) is 59.1. The minimum absolute atomic E-state index is 0.113. The highest BCUT2D eigenvalue weighted by Crippen LogP contribution is 2.35. The number of carbonyl (C=O) groups excluding carboxylic acids is 3. The third kappa shape index (κ3) is 4.48. The van der Waals surface area contributed by atoms with Gasteiger partial charge in [-0.25, -0.2) is 14.2 Å². The van der Waals surface area contributed by atoms with Crippen molar-refractivity contribution >= 4 is 40.4 Å². The van der Waals surface area contributed by atoms with Gasteiger partial charge in [0.2, 0.25) is 0 Å². The van der Waals surface area contributed by atoms with E-state index in [-0.39, 0.29) is 40.2 Å². The number of esters is 2. The molecule has 1 aromatic heterocycles. The van der Waals surface area contributed by atoms with Crippen molar-refractivity contribution in [2.75, 3.05) is 24.7 Å². The van der Waals surface area contributed by atoms with Crippen LogP contribution in [-0.2, 0) is 23.9 Å². The maximum atomic E-state index is 14.1. The van der Waals surface area contributed by atoms with Crippen molar-refractivity contribution in [1.29, 1.82) is 0 Å². The molecule has 200 valence electrons. The molecular weight excluding hydrogens is 525 g/mol. The van der Waals surface area contributed by atoms with E-state index in [0.29, 0.717) is 22.5 Å². The first kappa shape index (κ1) is 26.2. The van der Waals surface area contributed by atoms with E-state index in [2.05, 4.69) is 4.99 Å². The Morgan fingerprint density at radius 2 is 1.72 bits per heavy atom. The third-order valence-corrected chi connectivity index (χ3v) is 7.47. The highest BCUT2D eigenvalue weighted by molar-refractivity contribution is 7.07. The average Bonchev–Trinajstić information content (AvgIpc) is 3.36. The minimum atomic E-state index is -0.947. The zero-order valence-electron chi connectivity index (χ0n) is 21.4. The van der Waals surface area contributed by atoms with Gasteiger partial charge in [0.15, 0.2) is 4.80 Å². The molecule has 3 aromatic rings. The van der Waals surface area contributed by atoms with Gasteiger partial charge in [0, 0.05) is 5.56 Å². The summed E-state index contributed by atoms with van der Waals surface area (Å²) >= 11 is 1.01. The number of fused-ring (bicyclic) bond motifs is 2. The molecule has 3 heterocycles. The van der Waals surface area contributed by atoms with Crippen LogP contribution in [0.1, 0.15) is 37.9 Å². The quantitative estimate of drug-likeness (QED) is 0.437. The van der Waals surface area contributed by atoms with Crippen molar-refractivity contribution in [2.24, 2.45) is 4.99 Å². The lowest BCUT2D eigenvalue weighted by molar-refractivity contribution is -0.142. The van der Waals surface area contributed by atoms with Crippen molar-refractivity contribution in [3.8, 4) is 0 Å². The van der Waals surface area contributed by atoms with Crippen LogP contribution >= 0.6 is 11.3 Å². The number of allylic oxidation sites excluding steroid dienone is 1. The fraction of sp³-hybridized carbons (Fsp3) is 0.250. The van der Waals surface area contributed by atoms with Crippen LogP contribution in [-0.4, -0.2) is 42.2 Å². The van der Waals surface area contributed by atoms with Gasteiger partial charge in [-0.3, -0.25) is 23.9 Å². The summed E-state index contributed by atoms with van der Waals surface area (Å²) < 4.78 is 25.5. The molecule has 0 saturated heterocycles. The molecule has 11 heteroatoms. The molecule has 0 saturated carbocycles. The zero-order valence-corrected chi connectivity index (χ0v) is 22.2. The van der Waals surface area contributed by atoms with E-state index in [0.717, 1.165) is 11.3 Å². The molecular formula is C28H24FN3O6S. The van der Waals surface area contributed by atoms with Gasteiger partial charge in [0.05, 0.1) is 41.8 Å². The minimum Gasteiger partial charge on any atom is -0.465 e. The Morgan fingerprint density at radius 3 is 2.41 bits per heavy atom. The molecule has 0 N–H and O–H groups in total. The van der Waals surface area contributed by atoms with E-state index in [9.17, 15) is 23.6 Å². The number of rotatable bonds is 6. The number of benzene rings is 2. The van der Waals surface area contributed by atoms with Crippen molar-refractivity contribution in [3.05, 3.63) is 96.4 Å². The summed E-state index contributed by atoms with van der Waals surface area (Å²) in [7, 11) is 0. The first-order valence-electron chi connectivity index (χ1n) is 12.3. The number of aromatic nitrogens is 1. The smallest absolute Gasteiger partial charge is 0.338 e. The highest BCUT2D eigenvalue weighted by atomic mass is 32.1. The summed E-state index contributed by atoms with van der Waals surface area (Å²) in [5, 5.41) is 0. The van der Waals surface area contributed by atoms with Crippen LogP contribution in [0, 0.1) is 5.82 Å². The number of nitrogens with zero attached hydrogens (tertiary/aromatic N) is 3. The number of hydrogen-bond donors (Lipinski definition) is 0. The predicted octanol–water partition coefficient (Wildman–Crippen LogP) is 2.22. The molecule has 2 aliphatic rings. The number of amides is 1. The van der Waals surface area contributed by atoms with Gasteiger partial charge in [-0.15, -0.1) is 0 Å². The predicted molar refractivity (Wildman–Crippen MR) is 141 cm³/mol. The van der Waals surface area contributed by atoms with Crippen LogP contribution in [0.4, 0.5) is 10.1 Å². The number of thiazole rings is 1. The molecule has 1 amide bonds. The summed E-state index contributed by atoms with van der Waals surface area (Å²) in [5.41, 5.74) is 1.55. The number of anilines is 1. The third-order valence-electron chi connectivity index (χ3n) is 6.42. The van der Waals surface area contributed by atoms with Crippen LogP contribution in [0.3, 0.4) is 0 Å².